The Morgan fingerprint density at radius 1 is 1.09 bits per heavy atom. The van der Waals surface area contributed by atoms with Gasteiger partial charge in [-0.3, -0.25) is 0 Å². The van der Waals surface area contributed by atoms with Crippen LogP contribution in [0.2, 0.25) is 0 Å². The van der Waals surface area contributed by atoms with E-state index in [-0.39, 0.29) is 30.5 Å². The lowest BCUT2D eigenvalue weighted by Gasteiger charge is -2.20. The summed E-state index contributed by atoms with van der Waals surface area (Å²) in [5, 5.41) is 25.1. The van der Waals surface area contributed by atoms with Gasteiger partial charge in [0, 0.05) is 68.3 Å². The first-order chi connectivity index (χ1) is 26.1. The summed E-state index contributed by atoms with van der Waals surface area (Å²) in [6.07, 6.45) is 25.1. The lowest BCUT2D eigenvalue weighted by Crippen LogP contribution is -2.18. The number of halogens is 1. The second kappa shape index (κ2) is 30.3. The zero-order valence-corrected chi connectivity index (χ0v) is 34.7. The summed E-state index contributed by atoms with van der Waals surface area (Å²) in [6.45, 7) is 17.7. The number of carbonyl (C=O) groups is 1. The molecule has 8 nitrogen and oxygen atoms in total. The largest absolute Gasteiger partial charge is 0.478 e. The van der Waals surface area contributed by atoms with Gasteiger partial charge < -0.3 is 34.8 Å². The molecule has 1 fully saturated rings. The predicted octanol–water partition coefficient (Wildman–Crippen LogP) is 10.2. The van der Waals surface area contributed by atoms with Crippen molar-refractivity contribution >= 4 is 22.4 Å². The molecule has 1 aromatic carbocycles. The van der Waals surface area contributed by atoms with Crippen molar-refractivity contribution in [3.8, 4) is 12.3 Å². The third-order valence-corrected chi connectivity index (χ3v) is 9.03. The Hall–Kier alpha value is -4.10. The number of carboxylic acid groups (broad SMARTS) is 1. The maximum atomic E-state index is 15.9. The predicted molar refractivity (Wildman–Crippen MR) is 226 cm³/mol. The van der Waals surface area contributed by atoms with E-state index in [9.17, 15) is 9.90 Å². The maximum Gasteiger partial charge on any atom is 0.335 e. The van der Waals surface area contributed by atoms with E-state index in [1.165, 1.54) is 30.3 Å². The molecule has 9 heteroatoms. The molecule has 1 saturated heterocycles. The monoisotopic (exact) mass is 752 g/mol. The molecular weight excluding hydrogens is 682 g/mol. The van der Waals surface area contributed by atoms with Crippen molar-refractivity contribution in [3.05, 3.63) is 88.7 Å². The zero-order valence-electron chi connectivity index (χ0n) is 34.7. The minimum absolute atomic E-state index is 0.143. The van der Waals surface area contributed by atoms with Crippen LogP contribution in [0.15, 0.2) is 71.9 Å². The van der Waals surface area contributed by atoms with Crippen molar-refractivity contribution in [2.24, 2.45) is 0 Å². The molecule has 0 spiro atoms. The van der Waals surface area contributed by atoms with Crippen LogP contribution in [0.3, 0.4) is 0 Å². The number of rotatable bonds is 19. The van der Waals surface area contributed by atoms with E-state index < -0.39 is 5.97 Å². The number of aromatic amines is 1. The Morgan fingerprint density at radius 2 is 1.74 bits per heavy atom. The van der Waals surface area contributed by atoms with E-state index in [4.69, 9.17) is 14.9 Å². The molecule has 0 bridgehead atoms. The molecule has 3 rings (SSSR count). The van der Waals surface area contributed by atoms with Gasteiger partial charge in [-0.1, -0.05) is 57.7 Å². The van der Waals surface area contributed by atoms with Gasteiger partial charge in [0.25, 0.3) is 0 Å². The highest BCUT2D eigenvalue weighted by atomic mass is 19.1. The number of fused-ring (bicyclic) bond motifs is 1. The van der Waals surface area contributed by atoms with E-state index in [0.29, 0.717) is 12.2 Å². The molecule has 0 amide bonds. The van der Waals surface area contributed by atoms with E-state index in [0.717, 1.165) is 87.4 Å². The lowest BCUT2D eigenvalue weighted by atomic mass is 9.85. The lowest BCUT2D eigenvalue weighted by molar-refractivity contribution is 0.0697. The summed E-state index contributed by atoms with van der Waals surface area (Å²) in [6, 6.07) is 5.19. The Bertz CT molecular complexity index is 1540. The SMILES string of the molecule is C#CC.C/C=C(\C(F)=C/COC/C=C/C(=C\C=C(/C)N(C)CC)N1CCCC1)c1[nH]c2cc(C(=O)O)ccc2c1C(CCC)CCCCC.CCO.CO. The number of likely N-dealkylation sites (tertiary alicyclic amines) is 1. The minimum atomic E-state index is -0.977. The van der Waals surface area contributed by atoms with Gasteiger partial charge >= 0.3 is 5.97 Å². The van der Waals surface area contributed by atoms with Crippen molar-refractivity contribution in [3.63, 3.8) is 0 Å². The zero-order chi connectivity index (χ0) is 40.9. The quantitative estimate of drug-likeness (QED) is 0.0643. The number of benzene rings is 1. The van der Waals surface area contributed by atoms with Crippen molar-refractivity contribution in [2.75, 3.05) is 53.6 Å². The number of ether oxygens (including phenoxy) is 1. The molecule has 1 aromatic heterocycles. The van der Waals surface area contributed by atoms with Crippen molar-refractivity contribution in [1.82, 2.24) is 14.8 Å². The number of nitrogens with zero attached hydrogens (tertiary/aromatic N) is 2. The fourth-order valence-corrected chi connectivity index (χ4v) is 6.18. The van der Waals surface area contributed by atoms with Crippen LogP contribution in [0.25, 0.3) is 16.5 Å². The Balaban J connectivity index is 0.00000323. The van der Waals surface area contributed by atoms with Crippen LogP contribution in [0, 0.1) is 12.3 Å². The number of H-pyrrole nitrogens is 1. The molecule has 0 aliphatic carbocycles. The highest BCUT2D eigenvalue weighted by Gasteiger charge is 2.24. The van der Waals surface area contributed by atoms with Crippen LogP contribution in [0.5, 0.6) is 0 Å². The van der Waals surface area contributed by atoms with Crippen LogP contribution in [0.1, 0.15) is 127 Å². The van der Waals surface area contributed by atoms with E-state index in [1.54, 1.807) is 32.1 Å². The number of nitrogens with one attached hydrogen (secondary N) is 1. The molecule has 302 valence electrons. The molecule has 1 atom stereocenters. The van der Waals surface area contributed by atoms with Crippen LogP contribution >= 0.6 is 0 Å². The molecular formula is C45H70FN3O5. The third-order valence-electron chi connectivity index (χ3n) is 9.03. The van der Waals surface area contributed by atoms with E-state index in [1.807, 2.05) is 19.1 Å². The second-order valence-corrected chi connectivity index (χ2v) is 12.9. The standard InChI is InChI=1S/C39H56FN3O3.C3H4.C2H6O.CH4O/c1-7-11-12-17-30(16-8-2)37-34-22-20-31(39(44)45)28-36(34)41-38(37)33(9-3)35(40)23-27-46-26-15-18-32(43-24-13-14-25-43)21-19-29(5)42(6)10-4;1-3-2;1-2-3;1-2/h9,15,18-23,28,30,41H,7-8,10-14,16-17,24-27H2,1-6H3,(H,44,45);1H,2H3;3H,2H2,1H3;2H,1H3/b18-15+,29-19+,32-21+,33-9+,35-23+;;;. The molecule has 1 unspecified atom stereocenters. The molecule has 4 N–H and O–H groups in total. The fourth-order valence-electron chi connectivity index (χ4n) is 6.18. The second-order valence-electron chi connectivity index (χ2n) is 12.9. The van der Waals surface area contributed by atoms with Gasteiger partial charge in [-0.25, -0.2) is 9.18 Å². The number of terminal acetylenes is 1. The van der Waals surface area contributed by atoms with Crippen LogP contribution in [-0.4, -0.2) is 89.7 Å². The van der Waals surface area contributed by atoms with Gasteiger partial charge in [-0.2, -0.15) is 0 Å². The highest BCUT2D eigenvalue weighted by Crippen LogP contribution is 2.40. The molecule has 54 heavy (non-hydrogen) atoms. The number of unbranched alkanes of at least 4 members (excludes halogenated alkanes) is 2. The average molecular weight is 752 g/mol. The Morgan fingerprint density at radius 3 is 2.30 bits per heavy atom. The molecule has 1 aliphatic heterocycles. The van der Waals surface area contributed by atoms with Crippen molar-refractivity contribution < 1.29 is 29.2 Å². The Kier molecular flexibility index (Phi) is 28.0. The number of hydrogen-bond acceptors (Lipinski definition) is 6. The maximum absolute atomic E-state index is 15.9. The first-order valence-electron chi connectivity index (χ1n) is 19.5. The summed E-state index contributed by atoms with van der Waals surface area (Å²) in [4.78, 5) is 19.7. The topological polar surface area (TPSA) is 109 Å². The van der Waals surface area contributed by atoms with Crippen molar-refractivity contribution in [1.29, 1.82) is 0 Å². The van der Waals surface area contributed by atoms with Crippen LogP contribution < -0.4 is 0 Å². The van der Waals surface area contributed by atoms with Crippen LogP contribution in [-0.2, 0) is 4.74 Å². The van der Waals surface area contributed by atoms with Crippen LogP contribution in [0.4, 0.5) is 4.39 Å². The smallest absolute Gasteiger partial charge is 0.335 e. The third kappa shape index (κ3) is 17.4. The van der Waals surface area contributed by atoms with Gasteiger partial charge in [-0.05, 0) is 108 Å². The summed E-state index contributed by atoms with van der Waals surface area (Å²) in [5.74, 6) is 1.17. The summed E-state index contributed by atoms with van der Waals surface area (Å²) in [7, 11) is 3.09. The van der Waals surface area contributed by atoms with Gasteiger partial charge in [-0.15, -0.1) is 12.3 Å². The number of carboxylic acids is 1. The molecule has 0 radical (unpaired) electrons. The molecule has 0 saturated carbocycles. The normalized spacial score (nSPS) is 14.1. The highest BCUT2D eigenvalue weighted by molar-refractivity contribution is 5.97. The van der Waals surface area contributed by atoms with E-state index >= 15 is 4.39 Å². The average Bonchev–Trinajstić information content (AvgIpc) is 3.84. The Labute approximate surface area is 326 Å². The number of aromatic nitrogens is 1. The summed E-state index contributed by atoms with van der Waals surface area (Å²) < 4.78 is 21.7. The summed E-state index contributed by atoms with van der Waals surface area (Å²) in [5.41, 5.74) is 5.63. The van der Waals surface area contributed by atoms with E-state index in [2.05, 4.69) is 80.1 Å². The van der Waals surface area contributed by atoms with Gasteiger partial charge in [0.05, 0.1) is 24.5 Å². The van der Waals surface area contributed by atoms with Gasteiger partial charge in [0.1, 0.15) is 5.83 Å². The first kappa shape index (κ1) is 49.9. The van der Waals surface area contributed by atoms with Crippen molar-refractivity contribution in [2.45, 2.75) is 106 Å². The van der Waals surface area contributed by atoms with Gasteiger partial charge in [0.15, 0.2) is 0 Å². The minimum Gasteiger partial charge on any atom is -0.478 e. The first-order valence-corrected chi connectivity index (χ1v) is 19.5. The number of allylic oxidation sites excluding steroid dienone is 7. The molecule has 1 aliphatic rings. The van der Waals surface area contributed by atoms with Gasteiger partial charge in [0.2, 0.25) is 0 Å². The molecule has 2 aromatic rings. The molecule has 2 heterocycles. The number of aliphatic hydroxyl groups is 2. The number of hydrogen-bond donors (Lipinski definition) is 4. The summed E-state index contributed by atoms with van der Waals surface area (Å²) >= 11 is 0. The number of aliphatic hydroxyl groups excluding tert-OH is 2. The number of aromatic carboxylic acids is 1. The fraction of sp³-hybridized carbons (Fsp3) is 0.533.